The third-order valence-corrected chi connectivity index (χ3v) is 7.82. The van der Waals surface area contributed by atoms with Gasteiger partial charge >= 0.3 is 0 Å². The van der Waals surface area contributed by atoms with Crippen molar-refractivity contribution in [2.75, 3.05) is 10.2 Å². The highest BCUT2D eigenvalue weighted by atomic mass is 32.2. The van der Waals surface area contributed by atoms with Gasteiger partial charge in [-0.1, -0.05) is 41.3 Å². The Hall–Kier alpha value is -2.82. The number of carbonyl (C=O) groups is 1. The highest BCUT2D eigenvalue weighted by molar-refractivity contribution is 8.00. The van der Waals surface area contributed by atoms with Crippen molar-refractivity contribution in [3.63, 3.8) is 0 Å². The largest absolute Gasteiger partial charge is 0.356 e. The fraction of sp³-hybridized carbons (Fsp3) is 0.217. The van der Waals surface area contributed by atoms with Crippen LogP contribution in [-0.4, -0.2) is 21.1 Å². The zero-order valence-corrected chi connectivity index (χ0v) is 20.8. The molecular weight excluding hydrogens is 477 g/mol. The zero-order valence-electron chi connectivity index (χ0n) is 18.3. The maximum absolute atomic E-state index is 13.0. The minimum absolute atomic E-state index is 0.0761. The molecule has 4 rings (SSSR count). The van der Waals surface area contributed by atoms with Crippen LogP contribution in [0.1, 0.15) is 29.3 Å². The lowest BCUT2D eigenvalue weighted by atomic mass is 10.1. The molecule has 0 radical (unpaired) electrons. The summed E-state index contributed by atoms with van der Waals surface area (Å²) < 4.78 is 13.8. The summed E-state index contributed by atoms with van der Waals surface area (Å²) in [6, 6.07) is 12.3. The van der Waals surface area contributed by atoms with Gasteiger partial charge in [0.2, 0.25) is 11.0 Å². The number of hydrogen-bond donors (Lipinski definition) is 1. The van der Waals surface area contributed by atoms with Crippen LogP contribution in [0.15, 0.2) is 52.2 Å². The summed E-state index contributed by atoms with van der Waals surface area (Å²) >= 11 is 4.45. The molecule has 0 aliphatic heterocycles. The van der Waals surface area contributed by atoms with Gasteiger partial charge in [0, 0.05) is 24.6 Å². The third kappa shape index (κ3) is 5.95. The number of aryl methyl sites for hydroxylation is 2. The van der Waals surface area contributed by atoms with Crippen LogP contribution >= 0.6 is 34.4 Å². The molecular formula is C23H22FN5OS3. The van der Waals surface area contributed by atoms with Crippen LogP contribution in [0.25, 0.3) is 0 Å². The lowest BCUT2D eigenvalue weighted by Gasteiger charge is -2.19. The van der Waals surface area contributed by atoms with Crippen LogP contribution in [-0.2, 0) is 17.1 Å². The molecule has 170 valence electrons. The molecule has 10 heteroatoms. The molecule has 0 saturated heterocycles. The number of thiazole rings is 1. The summed E-state index contributed by atoms with van der Waals surface area (Å²) in [4.78, 5) is 18.7. The van der Waals surface area contributed by atoms with E-state index >= 15 is 0 Å². The number of hydrogen-bond acceptors (Lipinski definition) is 8. The fourth-order valence-corrected chi connectivity index (χ4v) is 5.64. The van der Waals surface area contributed by atoms with E-state index in [-0.39, 0.29) is 11.7 Å². The van der Waals surface area contributed by atoms with Crippen LogP contribution in [0.3, 0.4) is 0 Å². The van der Waals surface area contributed by atoms with Crippen LogP contribution in [0.2, 0.25) is 0 Å². The van der Waals surface area contributed by atoms with E-state index in [1.54, 1.807) is 35.7 Å². The Bertz CT molecular complexity index is 1260. The van der Waals surface area contributed by atoms with E-state index < -0.39 is 0 Å². The van der Waals surface area contributed by atoms with Gasteiger partial charge in [-0.3, -0.25) is 9.69 Å². The number of nitrogens with zero attached hydrogens (tertiary/aromatic N) is 4. The fourth-order valence-electron chi connectivity index (χ4n) is 3.01. The number of benzene rings is 2. The van der Waals surface area contributed by atoms with E-state index in [0.29, 0.717) is 22.6 Å². The molecule has 1 amide bonds. The molecule has 0 aliphatic rings. The van der Waals surface area contributed by atoms with Crippen molar-refractivity contribution >= 4 is 56.3 Å². The van der Waals surface area contributed by atoms with Crippen LogP contribution in [0.4, 0.5) is 20.3 Å². The molecule has 0 bridgehead atoms. The number of nitrogens with one attached hydrogen (secondary N) is 1. The van der Waals surface area contributed by atoms with E-state index in [9.17, 15) is 9.18 Å². The smallest absolute Gasteiger partial charge is 0.230 e. The first-order valence-corrected chi connectivity index (χ1v) is 12.8. The lowest BCUT2D eigenvalue weighted by molar-refractivity contribution is -0.115. The first-order chi connectivity index (χ1) is 15.9. The quantitative estimate of drug-likeness (QED) is 0.285. The second-order valence-electron chi connectivity index (χ2n) is 7.39. The van der Waals surface area contributed by atoms with E-state index in [1.165, 1.54) is 40.4 Å². The van der Waals surface area contributed by atoms with Crippen LogP contribution < -0.4 is 10.2 Å². The molecule has 4 aromatic rings. The number of amides is 1. The van der Waals surface area contributed by atoms with Gasteiger partial charge in [0.1, 0.15) is 5.82 Å². The summed E-state index contributed by atoms with van der Waals surface area (Å²) in [5.74, 6) is 0.300. The topological polar surface area (TPSA) is 71.0 Å². The van der Waals surface area contributed by atoms with Crippen molar-refractivity contribution in [3.8, 4) is 0 Å². The monoisotopic (exact) mass is 499 g/mol. The molecule has 0 aliphatic carbocycles. The second kappa shape index (κ2) is 10.4. The lowest BCUT2D eigenvalue weighted by Crippen LogP contribution is -2.22. The average Bonchev–Trinajstić information content (AvgIpc) is 3.44. The number of anilines is 3. The first kappa shape index (κ1) is 23.3. The Labute approximate surface area is 203 Å². The normalized spacial score (nSPS) is 10.9. The second-order valence-corrected chi connectivity index (χ2v) is 10.4. The van der Waals surface area contributed by atoms with Gasteiger partial charge in [0.05, 0.1) is 11.4 Å². The summed E-state index contributed by atoms with van der Waals surface area (Å²) in [5, 5.41) is 14.9. The summed E-state index contributed by atoms with van der Waals surface area (Å²) in [6.45, 7) is 6.18. The highest BCUT2D eigenvalue weighted by Crippen LogP contribution is 2.33. The van der Waals surface area contributed by atoms with Gasteiger partial charge in [-0.25, -0.2) is 9.37 Å². The molecule has 0 atom stereocenters. The Kier molecular flexibility index (Phi) is 7.36. The zero-order chi connectivity index (χ0) is 23.4. The molecule has 1 N–H and O–H groups in total. The molecule has 2 aromatic carbocycles. The minimum atomic E-state index is -0.251. The van der Waals surface area contributed by atoms with E-state index in [0.717, 1.165) is 26.8 Å². The third-order valence-electron chi connectivity index (χ3n) is 4.90. The highest BCUT2D eigenvalue weighted by Gasteiger charge is 2.19. The molecule has 0 saturated carbocycles. The number of halogens is 1. The maximum atomic E-state index is 13.0. The van der Waals surface area contributed by atoms with Gasteiger partial charge in [-0.05, 0) is 54.8 Å². The van der Waals surface area contributed by atoms with Crippen molar-refractivity contribution in [1.29, 1.82) is 0 Å². The first-order valence-electron chi connectivity index (χ1n) is 10.2. The molecule has 0 spiro atoms. The standard InChI is InChI=1S/C23H22FN5OS3/c1-14-4-9-20(10-15(14)2)29(16(3)30)22-26-19(12-31-22)13-32-23-28-27-21(33-23)25-11-17-5-7-18(24)8-6-17/h4-10,12H,11,13H2,1-3H3,(H,25,27). The summed E-state index contributed by atoms with van der Waals surface area (Å²) in [7, 11) is 0. The van der Waals surface area contributed by atoms with Gasteiger partial charge in [-0.15, -0.1) is 21.5 Å². The van der Waals surface area contributed by atoms with Crippen molar-refractivity contribution in [3.05, 3.63) is 76.0 Å². The van der Waals surface area contributed by atoms with Gasteiger partial charge < -0.3 is 5.32 Å². The average molecular weight is 500 g/mol. The SMILES string of the molecule is CC(=O)N(c1ccc(C)c(C)c1)c1nc(CSc2nnc(NCc3ccc(F)cc3)s2)cs1. The maximum Gasteiger partial charge on any atom is 0.230 e. The van der Waals surface area contributed by atoms with E-state index in [2.05, 4.69) is 20.5 Å². The Morgan fingerprint density at radius 2 is 1.91 bits per heavy atom. The number of aromatic nitrogens is 3. The van der Waals surface area contributed by atoms with E-state index in [1.807, 2.05) is 37.4 Å². The minimum Gasteiger partial charge on any atom is -0.356 e. The molecule has 33 heavy (non-hydrogen) atoms. The number of carbonyl (C=O) groups excluding carboxylic acids is 1. The Balaban J connectivity index is 1.37. The Morgan fingerprint density at radius 3 is 2.64 bits per heavy atom. The molecule has 2 aromatic heterocycles. The van der Waals surface area contributed by atoms with Gasteiger partial charge in [-0.2, -0.15) is 0 Å². The van der Waals surface area contributed by atoms with Crippen molar-refractivity contribution in [2.45, 2.75) is 37.4 Å². The Morgan fingerprint density at radius 1 is 1.12 bits per heavy atom. The molecule has 0 unspecified atom stereocenters. The molecule has 0 fully saturated rings. The summed E-state index contributed by atoms with van der Waals surface area (Å²) in [5.41, 5.74) is 4.98. The predicted octanol–water partition coefficient (Wildman–Crippen LogP) is 6.34. The number of thioether (sulfide) groups is 1. The van der Waals surface area contributed by atoms with Gasteiger partial charge in [0.15, 0.2) is 9.47 Å². The van der Waals surface area contributed by atoms with Crippen LogP contribution in [0.5, 0.6) is 0 Å². The van der Waals surface area contributed by atoms with Gasteiger partial charge in [0.25, 0.3) is 0 Å². The molecule has 2 heterocycles. The molecule has 6 nitrogen and oxygen atoms in total. The van der Waals surface area contributed by atoms with Crippen molar-refractivity contribution < 1.29 is 9.18 Å². The van der Waals surface area contributed by atoms with E-state index in [4.69, 9.17) is 0 Å². The summed E-state index contributed by atoms with van der Waals surface area (Å²) in [6.07, 6.45) is 0. The number of rotatable bonds is 8. The predicted molar refractivity (Wildman–Crippen MR) is 134 cm³/mol. The van der Waals surface area contributed by atoms with Crippen molar-refractivity contribution in [1.82, 2.24) is 15.2 Å². The van der Waals surface area contributed by atoms with Crippen molar-refractivity contribution in [2.24, 2.45) is 0 Å². The van der Waals surface area contributed by atoms with Crippen LogP contribution in [0, 0.1) is 19.7 Å².